The maximum Gasteiger partial charge on any atom is 0.286 e. The van der Waals surface area contributed by atoms with E-state index in [1.54, 1.807) is 7.11 Å². The smallest absolute Gasteiger partial charge is 0.286 e. The van der Waals surface area contributed by atoms with Crippen LogP contribution in [0.3, 0.4) is 0 Å². The SMILES string of the molecule is COc1cccc2c1OC(C)C(/C=C1\SC(N3CC(C)OC(C)C3)=NC1=O)=C2. The van der Waals surface area contributed by atoms with Gasteiger partial charge in [-0.05, 0) is 56.3 Å². The number of methoxy groups -OCH3 is 1. The molecule has 3 heterocycles. The Hall–Kier alpha value is -2.25. The van der Waals surface area contributed by atoms with E-state index in [9.17, 15) is 4.79 Å². The van der Waals surface area contributed by atoms with Crippen molar-refractivity contribution in [3.05, 3.63) is 40.3 Å². The molecule has 3 atom stereocenters. The monoisotopic (exact) mass is 400 g/mol. The predicted molar refractivity (Wildman–Crippen MR) is 111 cm³/mol. The number of fused-ring (bicyclic) bond motifs is 1. The molecule has 0 spiro atoms. The zero-order chi connectivity index (χ0) is 19.8. The first-order valence-corrected chi connectivity index (χ1v) is 10.2. The second-order valence-corrected chi connectivity index (χ2v) is 8.26. The van der Waals surface area contributed by atoms with Crippen molar-refractivity contribution in [2.24, 2.45) is 4.99 Å². The highest BCUT2D eigenvalue weighted by Crippen LogP contribution is 2.39. The Labute approximate surface area is 169 Å². The van der Waals surface area contributed by atoms with Gasteiger partial charge in [-0.1, -0.05) is 12.1 Å². The van der Waals surface area contributed by atoms with Crippen LogP contribution in [-0.2, 0) is 9.53 Å². The van der Waals surface area contributed by atoms with Crippen LogP contribution in [0.5, 0.6) is 11.5 Å². The molecule has 6 nitrogen and oxygen atoms in total. The minimum absolute atomic E-state index is 0.121. The summed E-state index contributed by atoms with van der Waals surface area (Å²) in [6.07, 6.45) is 4.00. The summed E-state index contributed by atoms with van der Waals surface area (Å²) in [5, 5.41) is 0.755. The third-order valence-corrected chi connectivity index (χ3v) is 5.96. The van der Waals surface area contributed by atoms with E-state index in [1.807, 2.05) is 51.1 Å². The van der Waals surface area contributed by atoms with E-state index in [0.29, 0.717) is 10.7 Å². The van der Waals surface area contributed by atoms with Crippen molar-refractivity contribution in [3.8, 4) is 11.5 Å². The molecule has 3 aliphatic rings. The van der Waals surface area contributed by atoms with Gasteiger partial charge in [0.15, 0.2) is 16.7 Å². The van der Waals surface area contributed by atoms with Crippen LogP contribution in [0.25, 0.3) is 6.08 Å². The van der Waals surface area contributed by atoms with E-state index >= 15 is 0 Å². The van der Waals surface area contributed by atoms with Crippen molar-refractivity contribution in [2.75, 3.05) is 20.2 Å². The molecular formula is C21H24N2O4S. The molecule has 1 aromatic carbocycles. The second kappa shape index (κ2) is 7.64. The third kappa shape index (κ3) is 3.69. The zero-order valence-corrected chi connectivity index (χ0v) is 17.3. The number of carbonyl (C=O) groups is 1. The van der Waals surface area contributed by atoms with E-state index in [2.05, 4.69) is 9.89 Å². The summed E-state index contributed by atoms with van der Waals surface area (Å²) < 4.78 is 17.2. The molecule has 1 saturated heterocycles. The number of rotatable bonds is 2. The summed E-state index contributed by atoms with van der Waals surface area (Å²) in [5.74, 6) is 1.24. The highest BCUT2D eigenvalue weighted by molar-refractivity contribution is 8.18. The Morgan fingerprint density at radius 3 is 2.71 bits per heavy atom. The number of amidine groups is 1. The van der Waals surface area contributed by atoms with Crippen LogP contribution in [0.2, 0.25) is 0 Å². The summed E-state index contributed by atoms with van der Waals surface area (Å²) in [5.41, 5.74) is 1.88. The van der Waals surface area contributed by atoms with Gasteiger partial charge >= 0.3 is 0 Å². The molecule has 0 aliphatic carbocycles. The van der Waals surface area contributed by atoms with Crippen LogP contribution in [0.1, 0.15) is 26.3 Å². The predicted octanol–water partition coefficient (Wildman–Crippen LogP) is 3.48. The van der Waals surface area contributed by atoms with E-state index < -0.39 is 0 Å². The second-order valence-electron chi connectivity index (χ2n) is 7.26. The highest BCUT2D eigenvalue weighted by Gasteiger charge is 2.32. The first-order valence-electron chi connectivity index (χ1n) is 9.43. The van der Waals surface area contributed by atoms with Crippen LogP contribution in [0.15, 0.2) is 39.7 Å². The van der Waals surface area contributed by atoms with Gasteiger partial charge in [-0.25, -0.2) is 0 Å². The Morgan fingerprint density at radius 2 is 2.00 bits per heavy atom. The van der Waals surface area contributed by atoms with Crippen molar-refractivity contribution in [2.45, 2.75) is 39.1 Å². The minimum atomic E-state index is -0.198. The molecule has 0 bridgehead atoms. The number of benzene rings is 1. The van der Waals surface area contributed by atoms with Crippen LogP contribution in [0.4, 0.5) is 0 Å². The Bertz CT molecular complexity index is 882. The maximum atomic E-state index is 12.5. The fraction of sp³-hybridized carbons (Fsp3) is 0.429. The van der Waals surface area contributed by atoms with Gasteiger partial charge in [0.1, 0.15) is 6.10 Å². The standard InChI is InChI=1S/C21H24N2O4S/c1-12-10-23(11-13(2)26-12)21-22-20(24)18(28-21)9-16-8-15-6-5-7-17(25-4)19(15)27-14(16)3/h5-9,12-14H,10-11H2,1-4H3/b18-9-. The largest absolute Gasteiger partial charge is 0.493 e. The molecule has 3 aliphatic heterocycles. The number of morpholine rings is 1. The third-order valence-electron chi connectivity index (χ3n) is 4.91. The molecule has 28 heavy (non-hydrogen) atoms. The average Bonchev–Trinajstić information content (AvgIpc) is 3.02. The van der Waals surface area contributed by atoms with Crippen molar-refractivity contribution < 1.29 is 19.0 Å². The van der Waals surface area contributed by atoms with Crippen LogP contribution < -0.4 is 9.47 Å². The molecule has 0 aromatic heterocycles. The minimum Gasteiger partial charge on any atom is -0.493 e. The molecule has 0 radical (unpaired) electrons. The first-order chi connectivity index (χ1) is 13.4. The Balaban J connectivity index is 1.56. The Morgan fingerprint density at radius 1 is 1.25 bits per heavy atom. The van der Waals surface area contributed by atoms with Gasteiger partial charge in [-0.15, -0.1) is 0 Å². The number of para-hydroxylation sites is 1. The fourth-order valence-electron chi connectivity index (χ4n) is 3.65. The lowest BCUT2D eigenvalue weighted by atomic mass is 10.0. The van der Waals surface area contributed by atoms with Gasteiger partial charge in [-0.2, -0.15) is 4.99 Å². The van der Waals surface area contributed by atoms with Crippen molar-refractivity contribution in [1.82, 2.24) is 4.90 Å². The van der Waals surface area contributed by atoms with Gasteiger partial charge in [0.05, 0.1) is 24.2 Å². The maximum absolute atomic E-state index is 12.5. The normalized spacial score (nSPS) is 28.6. The molecular weight excluding hydrogens is 376 g/mol. The molecule has 1 amide bonds. The number of nitrogens with zero attached hydrogens (tertiary/aromatic N) is 2. The molecule has 1 aromatic rings. The van der Waals surface area contributed by atoms with Crippen molar-refractivity contribution >= 4 is 28.9 Å². The van der Waals surface area contributed by atoms with Crippen molar-refractivity contribution in [3.63, 3.8) is 0 Å². The number of hydrogen-bond acceptors (Lipinski definition) is 6. The number of carbonyl (C=O) groups excluding carboxylic acids is 1. The molecule has 0 saturated carbocycles. The summed E-state index contributed by atoms with van der Waals surface area (Å²) in [6.45, 7) is 7.53. The van der Waals surface area contributed by atoms with Crippen LogP contribution in [0, 0.1) is 0 Å². The topological polar surface area (TPSA) is 60.4 Å². The molecule has 148 valence electrons. The number of amides is 1. The summed E-state index contributed by atoms with van der Waals surface area (Å²) in [6, 6.07) is 5.78. The van der Waals surface area contributed by atoms with Crippen LogP contribution >= 0.6 is 11.8 Å². The van der Waals surface area contributed by atoms with E-state index in [0.717, 1.165) is 35.1 Å². The Kier molecular flexibility index (Phi) is 5.21. The van der Waals surface area contributed by atoms with Gasteiger partial charge in [0, 0.05) is 18.7 Å². The number of hydrogen-bond donors (Lipinski definition) is 0. The van der Waals surface area contributed by atoms with Gasteiger partial charge < -0.3 is 19.1 Å². The lowest BCUT2D eigenvalue weighted by molar-refractivity contribution is -0.113. The average molecular weight is 401 g/mol. The zero-order valence-electron chi connectivity index (χ0n) is 16.5. The van der Waals surface area contributed by atoms with Crippen molar-refractivity contribution in [1.29, 1.82) is 0 Å². The highest BCUT2D eigenvalue weighted by atomic mass is 32.2. The van der Waals surface area contributed by atoms with Gasteiger partial charge in [0.2, 0.25) is 0 Å². The summed E-state index contributed by atoms with van der Waals surface area (Å²) in [7, 11) is 1.63. The van der Waals surface area contributed by atoms with E-state index in [1.165, 1.54) is 11.8 Å². The van der Waals surface area contributed by atoms with Gasteiger partial charge in [0.25, 0.3) is 5.91 Å². The lowest BCUT2D eigenvalue weighted by Crippen LogP contribution is -2.47. The molecule has 4 rings (SSSR count). The van der Waals surface area contributed by atoms with E-state index in [4.69, 9.17) is 14.2 Å². The summed E-state index contributed by atoms with van der Waals surface area (Å²) >= 11 is 1.42. The summed E-state index contributed by atoms with van der Waals surface area (Å²) in [4.78, 5) is 19.5. The molecule has 7 heteroatoms. The first kappa shape index (κ1) is 19.1. The quantitative estimate of drug-likeness (QED) is 0.709. The number of ether oxygens (including phenoxy) is 3. The number of aliphatic imine (C=N–C) groups is 1. The lowest BCUT2D eigenvalue weighted by Gasteiger charge is -2.35. The molecule has 1 fully saturated rings. The van der Waals surface area contributed by atoms with E-state index in [-0.39, 0.29) is 24.2 Å². The number of thioether (sulfide) groups is 1. The molecule has 3 unspecified atom stereocenters. The fourth-order valence-corrected chi connectivity index (χ4v) is 4.58. The van der Waals surface area contributed by atoms with Crippen LogP contribution in [-0.4, -0.2) is 54.5 Å². The van der Waals surface area contributed by atoms with Gasteiger partial charge in [-0.3, -0.25) is 4.79 Å². The molecule has 0 N–H and O–H groups in total.